The number of carbonyl (C=O) groups is 1. The van der Waals surface area contributed by atoms with Crippen molar-refractivity contribution in [2.24, 2.45) is 0 Å². The molecule has 1 amide bonds. The number of thiophene rings is 1. The summed E-state index contributed by atoms with van der Waals surface area (Å²) in [5.74, 6) is -0.0387. The van der Waals surface area contributed by atoms with Gasteiger partial charge in [0, 0.05) is 25.2 Å². The minimum atomic E-state index is -0.194. The van der Waals surface area contributed by atoms with Crippen molar-refractivity contribution in [1.82, 2.24) is 4.90 Å². The Bertz CT molecular complexity index is 380. The zero-order chi connectivity index (χ0) is 13.0. The van der Waals surface area contributed by atoms with Crippen molar-refractivity contribution in [1.29, 1.82) is 0 Å². The number of ether oxygens (including phenoxy) is 1. The summed E-state index contributed by atoms with van der Waals surface area (Å²) in [7, 11) is 3.32. The number of amides is 1. The van der Waals surface area contributed by atoms with Crippen molar-refractivity contribution in [3.8, 4) is 0 Å². The van der Waals surface area contributed by atoms with Crippen molar-refractivity contribution in [3.63, 3.8) is 0 Å². The first-order valence-corrected chi connectivity index (χ1v) is 7.63. The highest BCUT2D eigenvalue weighted by atomic mass is 79.9. The molecule has 0 N–H and O–H groups in total. The van der Waals surface area contributed by atoms with E-state index in [0.717, 1.165) is 8.26 Å². The van der Waals surface area contributed by atoms with Gasteiger partial charge in [-0.2, -0.15) is 0 Å². The van der Waals surface area contributed by atoms with Crippen LogP contribution in [0.2, 0.25) is 0 Å². The van der Waals surface area contributed by atoms with E-state index in [-0.39, 0.29) is 11.3 Å². The molecule has 0 fully saturated rings. The second-order valence-electron chi connectivity index (χ2n) is 3.47. The SMILES string of the molecule is COCC(Cl)CN(C)C(=O)c1cc(Br)c(Br)s1. The van der Waals surface area contributed by atoms with Crippen LogP contribution in [-0.4, -0.2) is 43.5 Å². The lowest BCUT2D eigenvalue weighted by atomic mass is 10.3. The van der Waals surface area contributed by atoms with Gasteiger partial charge in [-0.05, 0) is 37.9 Å². The molecule has 1 aromatic heterocycles. The van der Waals surface area contributed by atoms with Crippen molar-refractivity contribution in [3.05, 3.63) is 19.2 Å². The summed E-state index contributed by atoms with van der Waals surface area (Å²) < 4.78 is 6.73. The van der Waals surface area contributed by atoms with Gasteiger partial charge in [-0.3, -0.25) is 4.79 Å². The lowest BCUT2D eigenvalue weighted by molar-refractivity contribution is 0.0786. The Morgan fingerprint density at radius 1 is 1.65 bits per heavy atom. The van der Waals surface area contributed by atoms with Gasteiger partial charge in [0.1, 0.15) is 0 Å². The van der Waals surface area contributed by atoms with Gasteiger partial charge >= 0.3 is 0 Å². The highest BCUT2D eigenvalue weighted by Crippen LogP contribution is 2.32. The molecule has 0 radical (unpaired) electrons. The fourth-order valence-electron chi connectivity index (χ4n) is 1.25. The fourth-order valence-corrected chi connectivity index (χ4v) is 3.62. The molecule has 17 heavy (non-hydrogen) atoms. The maximum absolute atomic E-state index is 12.0. The molecule has 1 heterocycles. The standard InChI is InChI=1S/C10H12Br2ClNO2S/c1-14(4-6(13)5-16-2)10(15)8-3-7(11)9(12)17-8/h3,6H,4-5H2,1-2H3. The number of alkyl halides is 1. The molecule has 1 rings (SSSR count). The van der Waals surface area contributed by atoms with Gasteiger partial charge in [0.2, 0.25) is 0 Å². The molecular formula is C10H12Br2ClNO2S. The van der Waals surface area contributed by atoms with Crippen LogP contribution >= 0.6 is 54.8 Å². The second-order valence-corrected chi connectivity index (χ2v) is 7.31. The van der Waals surface area contributed by atoms with Crippen LogP contribution in [0, 0.1) is 0 Å². The molecule has 0 saturated heterocycles. The number of nitrogens with zero attached hydrogens (tertiary/aromatic N) is 1. The fraction of sp³-hybridized carbons (Fsp3) is 0.500. The molecule has 0 aliphatic carbocycles. The van der Waals surface area contributed by atoms with Gasteiger partial charge < -0.3 is 9.64 Å². The maximum Gasteiger partial charge on any atom is 0.263 e. The number of rotatable bonds is 5. The third-order valence-electron chi connectivity index (χ3n) is 2.02. The smallest absolute Gasteiger partial charge is 0.263 e. The maximum atomic E-state index is 12.0. The number of carbonyl (C=O) groups excluding carboxylic acids is 1. The Balaban J connectivity index is 2.63. The Morgan fingerprint density at radius 3 is 2.76 bits per heavy atom. The summed E-state index contributed by atoms with van der Waals surface area (Å²) >= 11 is 14.1. The Hall–Kier alpha value is 0.380. The average Bonchev–Trinajstić information content (AvgIpc) is 2.58. The highest BCUT2D eigenvalue weighted by molar-refractivity contribution is 9.13. The monoisotopic (exact) mass is 403 g/mol. The van der Waals surface area contributed by atoms with Crippen molar-refractivity contribution >= 4 is 60.7 Å². The van der Waals surface area contributed by atoms with Crippen LogP contribution in [0.1, 0.15) is 9.67 Å². The van der Waals surface area contributed by atoms with Gasteiger partial charge in [0.15, 0.2) is 0 Å². The summed E-state index contributed by atoms with van der Waals surface area (Å²) in [5.41, 5.74) is 0. The zero-order valence-corrected chi connectivity index (χ0v) is 14.1. The predicted molar refractivity (Wildman–Crippen MR) is 78.2 cm³/mol. The quantitative estimate of drug-likeness (QED) is 0.701. The molecule has 7 heteroatoms. The van der Waals surface area contributed by atoms with E-state index < -0.39 is 0 Å². The van der Waals surface area contributed by atoms with E-state index in [4.69, 9.17) is 16.3 Å². The highest BCUT2D eigenvalue weighted by Gasteiger charge is 2.18. The number of hydrogen-bond acceptors (Lipinski definition) is 3. The molecule has 96 valence electrons. The summed E-state index contributed by atoms with van der Waals surface area (Å²) in [6, 6.07) is 1.80. The first-order valence-electron chi connectivity index (χ1n) is 4.79. The largest absolute Gasteiger partial charge is 0.383 e. The summed E-state index contributed by atoms with van der Waals surface area (Å²) in [6.07, 6.45) is 0. The van der Waals surface area contributed by atoms with E-state index in [1.54, 1.807) is 25.1 Å². The lowest BCUT2D eigenvalue weighted by Gasteiger charge is -2.19. The molecule has 0 bridgehead atoms. The molecule has 0 aliphatic rings. The molecule has 0 aliphatic heterocycles. The first kappa shape index (κ1) is 15.4. The predicted octanol–water partition coefficient (Wildman–Crippen LogP) is 3.60. The normalized spacial score (nSPS) is 12.5. The Kier molecular flexibility index (Phi) is 6.44. The van der Waals surface area contributed by atoms with Crippen LogP contribution in [0.15, 0.2) is 14.3 Å². The molecule has 0 aromatic carbocycles. The molecule has 0 saturated carbocycles. The number of halogens is 3. The Morgan fingerprint density at radius 2 is 2.29 bits per heavy atom. The number of hydrogen-bond donors (Lipinski definition) is 0. The number of methoxy groups -OCH3 is 1. The van der Waals surface area contributed by atoms with Gasteiger partial charge in [-0.25, -0.2) is 0 Å². The van der Waals surface area contributed by atoms with E-state index in [9.17, 15) is 4.79 Å². The van der Waals surface area contributed by atoms with Crippen molar-refractivity contribution in [2.75, 3.05) is 27.3 Å². The topological polar surface area (TPSA) is 29.5 Å². The van der Waals surface area contributed by atoms with Gasteiger partial charge in [-0.15, -0.1) is 22.9 Å². The average molecular weight is 406 g/mol. The second kappa shape index (κ2) is 7.09. The molecule has 0 spiro atoms. The summed E-state index contributed by atoms with van der Waals surface area (Å²) in [4.78, 5) is 14.3. The van der Waals surface area contributed by atoms with Gasteiger partial charge in [-0.1, -0.05) is 0 Å². The minimum Gasteiger partial charge on any atom is -0.383 e. The van der Waals surface area contributed by atoms with Crippen molar-refractivity contribution < 1.29 is 9.53 Å². The molecular weight excluding hydrogens is 393 g/mol. The summed E-state index contributed by atoms with van der Waals surface area (Å²) in [5, 5.41) is -0.194. The molecule has 3 nitrogen and oxygen atoms in total. The molecule has 1 aromatic rings. The van der Waals surface area contributed by atoms with Crippen LogP contribution in [-0.2, 0) is 4.74 Å². The van der Waals surface area contributed by atoms with Crippen molar-refractivity contribution in [2.45, 2.75) is 5.38 Å². The minimum absolute atomic E-state index is 0.0387. The van der Waals surface area contributed by atoms with Gasteiger partial charge in [0.05, 0.1) is 20.6 Å². The van der Waals surface area contributed by atoms with E-state index in [1.165, 1.54) is 11.3 Å². The van der Waals surface area contributed by atoms with Crippen LogP contribution in [0.25, 0.3) is 0 Å². The third-order valence-corrected chi connectivity index (χ3v) is 5.53. The Labute approximate surface area is 126 Å². The van der Waals surface area contributed by atoms with E-state index in [2.05, 4.69) is 31.9 Å². The van der Waals surface area contributed by atoms with Crippen LogP contribution in [0.5, 0.6) is 0 Å². The molecule has 1 atom stereocenters. The first-order chi connectivity index (χ1) is 7.95. The van der Waals surface area contributed by atoms with E-state index in [1.807, 2.05) is 0 Å². The zero-order valence-electron chi connectivity index (χ0n) is 9.37. The van der Waals surface area contributed by atoms with Gasteiger partial charge in [0.25, 0.3) is 5.91 Å². The van der Waals surface area contributed by atoms with Crippen LogP contribution in [0.3, 0.4) is 0 Å². The third kappa shape index (κ3) is 4.52. The van der Waals surface area contributed by atoms with E-state index in [0.29, 0.717) is 18.0 Å². The summed E-state index contributed by atoms with van der Waals surface area (Å²) in [6.45, 7) is 0.887. The van der Waals surface area contributed by atoms with Crippen LogP contribution in [0.4, 0.5) is 0 Å². The van der Waals surface area contributed by atoms with Crippen LogP contribution < -0.4 is 0 Å². The van der Waals surface area contributed by atoms with E-state index >= 15 is 0 Å². The lowest BCUT2D eigenvalue weighted by Crippen LogP contribution is -2.33. The molecule has 1 unspecified atom stereocenters.